The Morgan fingerprint density at radius 3 is 1.06 bits per heavy atom. The number of hydrogen-bond donors (Lipinski definition) is 0. The van der Waals surface area contributed by atoms with E-state index in [-0.39, 0.29) is 18.2 Å². The van der Waals surface area contributed by atoms with E-state index in [4.69, 9.17) is 15.0 Å². The first-order chi connectivity index (χ1) is 48.2. The van der Waals surface area contributed by atoms with Crippen LogP contribution in [-0.4, -0.2) is 26.2 Å². The van der Waals surface area contributed by atoms with Crippen LogP contribution in [0.25, 0.3) is 117 Å². The van der Waals surface area contributed by atoms with Gasteiger partial charge in [-0.25, -0.2) is 15.0 Å². The summed E-state index contributed by atoms with van der Waals surface area (Å²) in [5, 5.41) is 1.59. The van der Waals surface area contributed by atoms with Gasteiger partial charge in [-0.05, 0) is 151 Å². The highest BCUT2D eigenvalue weighted by molar-refractivity contribution is 7.00. The first-order valence-corrected chi connectivity index (χ1v) is 32.8. The van der Waals surface area contributed by atoms with Crippen molar-refractivity contribution in [1.82, 2.24) is 19.5 Å². The molecule has 4 heterocycles. The number of alkyl halides is 3. The van der Waals surface area contributed by atoms with E-state index in [1.165, 1.54) is 17.0 Å². The van der Waals surface area contributed by atoms with Gasteiger partial charge in [-0.3, -0.25) is 0 Å². The second-order valence-electron chi connectivity index (χ2n) is 25.0. The number of anilines is 6. The van der Waals surface area contributed by atoms with E-state index in [1.807, 2.05) is 103 Å². The van der Waals surface area contributed by atoms with E-state index in [9.17, 15) is 0 Å². The van der Waals surface area contributed by atoms with Crippen molar-refractivity contribution >= 4 is 79.0 Å². The Morgan fingerprint density at radius 1 is 0.255 bits per heavy atom. The van der Waals surface area contributed by atoms with E-state index < -0.39 is 11.7 Å². The zero-order valence-electron chi connectivity index (χ0n) is 52.7. The van der Waals surface area contributed by atoms with Crippen LogP contribution >= 0.6 is 0 Å². The van der Waals surface area contributed by atoms with Crippen LogP contribution in [0, 0.1) is 0 Å². The zero-order chi connectivity index (χ0) is 65.4. The van der Waals surface area contributed by atoms with Crippen molar-refractivity contribution in [3.63, 3.8) is 0 Å². The van der Waals surface area contributed by atoms with Gasteiger partial charge in [0, 0.05) is 61.6 Å². The number of benzene rings is 14. The third-order valence-corrected chi connectivity index (χ3v) is 19.3. The fraction of sp³-hybridized carbons (Fsp3) is 0.0114. The second kappa shape index (κ2) is 23.7. The molecule has 0 N–H and O–H groups in total. The van der Waals surface area contributed by atoms with Crippen molar-refractivity contribution in [2.45, 2.75) is 6.18 Å². The van der Waals surface area contributed by atoms with Crippen LogP contribution < -0.4 is 26.2 Å². The predicted molar refractivity (Wildman–Crippen MR) is 397 cm³/mol. The summed E-state index contributed by atoms with van der Waals surface area (Å²) in [4.78, 5) is 19.7. The van der Waals surface area contributed by atoms with Gasteiger partial charge in [-0.2, -0.15) is 13.2 Å². The highest BCUT2D eigenvalue weighted by Crippen LogP contribution is 2.49. The molecule has 0 aliphatic carbocycles. The van der Waals surface area contributed by atoms with Crippen LogP contribution in [0.3, 0.4) is 0 Å². The summed E-state index contributed by atoms with van der Waals surface area (Å²) >= 11 is 0. The number of para-hydroxylation sites is 1. The Labute approximate surface area is 565 Å². The van der Waals surface area contributed by atoms with E-state index in [0.717, 1.165) is 123 Å². The Morgan fingerprint density at radius 2 is 0.602 bits per heavy atom. The first-order valence-electron chi connectivity index (χ1n) is 32.8. The normalized spacial score (nSPS) is 12.4. The molecule has 98 heavy (non-hydrogen) atoms. The molecule has 0 bridgehead atoms. The number of rotatable bonds is 11. The van der Waals surface area contributed by atoms with Crippen LogP contribution in [0.1, 0.15) is 5.56 Å². The minimum Gasteiger partial charge on any atom is -0.311 e. The summed E-state index contributed by atoms with van der Waals surface area (Å²) in [5.74, 6) is 1.06. The molecule has 462 valence electrons. The predicted octanol–water partition coefficient (Wildman–Crippen LogP) is 21.4. The summed E-state index contributed by atoms with van der Waals surface area (Å²) < 4.78 is 49.4. The molecule has 0 spiro atoms. The van der Waals surface area contributed by atoms with Crippen molar-refractivity contribution in [3.05, 3.63) is 345 Å². The van der Waals surface area contributed by atoms with Crippen molar-refractivity contribution < 1.29 is 13.2 Å². The Balaban J connectivity index is 0.874. The lowest BCUT2D eigenvalue weighted by atomic mass is 9.33. The van der Waals surface area contributed by atoms with Crippen LogP contribution in [0.15, 0.2) is 340 Å². The molecular formula is C88H56BF3N6. The van der Waals surface area contributed by atoms with Crippen molar-refractivity contribution in [3.8, 4) is 95.5 Å². The van der Waals surface area contributed by atoms with Crippen molar-refractivity contribution in [2.24, 2.45) is 0 Å². The molecule has 0 atom stereocenters. The smallest absolute Gasteiger partial charge is 0.311 e. The molecule has 0 saturated heterocycles. The van der Waals surface area contributed by atoms with Gasteiger partial charge >= 0.3 is 6.18 Å². The highest BCUT2D eigenvalue weighted by Gasteiger charge is 2.44. The maximum atomic E-state index is 15.9. The minimum atomic E-state index is -4.73. The molecule has 0 saturated carbocycles. The molecule has 2 aliphatic heterocycles. The number of halogens is 3. The summed E-state index contributed by atoms with van der Waals surface area (Å²) in [6, 6.07) is 116. The molecule has 6 nitrogen and oxygen atoms in total. The maximum Gasteiger partial charge on any atom is 0.418 e. The van der Waals surface area contributed by atoms with E-state index in [0.29, 0.717) is 28.2 Å². The molecule has 16 aromatic rings. The lowest BCUT2D eigenvalue weighted by Gasteiger charge is -2.44. The standard InChI is InChI=1S/C88H56BF3N6/c90-88(91,92)74-47-39-68(87-94-85(63-29-15-5-16-30-63)93-86(95-87)64-31-17-6-18-32-64)54-81(74)98-77-34-20-19-33-72(77)73-51-65(40-48-78(73)98)69-55-82-84-83(56-69)97(71-45-37-62(38-46-71)58-23-9-2-10-24-58)80-50-42-67(60-27-13-4-14-28-60)53-76(80)89(84)75-52-66(59-25-11-3-12-26-59)41-49-79(75)96(82)70-43-35-61(36-44-70)57-21-7-1-8-22-57/h1-56H. The average Bonchev–Trinajstić information content (AvgIpc) is 0.785. The monoisotopic (exact) mass is 1260 g/mol. The fourth-order valence-electron chi connectivity index (χ4n) is 14.7. The zero-order valence-corrected chi connectivity index (χ0v) is 52.7. The molecule has 0 radical (unpaired) electrons. The molecule has 18 rings (SSSR count). The maximum absolute atomic E-state index is 15.9. The molecule has 2 aliphatic rings. The molecule has 0 amide bonds. The van der Waals surface area contributed by atoms with Crippen LogP contribution in [0.4, 0.5) is 47.3 Å². The van der Waals surface area contributed by atoms with Gasteiger partial charge in [-0.1, -0.05) is 261 Å². The van der Waals surface area contributed by atoms with Gasteiger partial charge in [-0.15, -0.1) is 0 Å². The molecule has 0 unspecified atom stereocenters. The second-order valence-corrected chi connectivity index (χ2v) is 25.0. The molecule has 10 heteroatoms. The molecular weight excluding hydrogens is 1210 g/mol. The SMILES string of the molecule is FC(F)(F)c1ccc(-c2nc(-c3ccccc3)nc(-c3ccccc3)n2)cc1-n1c2ccccc2c2cc(-c3cc4c5c(c3)N(c3ccc(-c6ccccc6)cc3)c3ccc(-c6ccccc6)cc3B5c3cc(-c5ccccc5)ccc3N4c3ccc(-c4ccccc4)cc3)ccc21. The van der Waals surface area contributed by atoms with E-state index >= 15 is 13.2 Å². The fourth-order valence-corrected chi connectivity index (χ4v) is 14.7. The van der Waals surface area contributed by atoms with Crippen LogP contribution in [0.5, 0.6) is 0 Å². The quantitative estimate of drug-likeness (QED) is 0.121. The first kappa shape index (κ1) is 58.0. The van der Waals surface area contributed by atoms with E-state index in [2.05, 4.69) is 228 Å². The summed E-state index contributed by atoms with van der Waals surface area (Å²) in [6.45, 7) is -0.238. The highest BCUT2D eigenvalue weighted by atomic mass is 19.4. The van der Waals surface area contributed by atoms with Gasteiger partial charge in [0.1, 0.15) is 0 Å². The minimum absolute atomic E-state index is 0.0489. The summed E-state index contributed by atoms with van der Waals surface area (Å²) in [5.41, 5.74) is 22.7. The topological polar surface area (TPSA) is 50.1 Å². The summed E-state index contributed by atoms with van der Waals surface area (Å²) in [6.07, 6.45) is -4.73. The number of hydrogen-bond acceptors (Lipinski definition) is 5. The van der Waals surface area contributed by atoms with Gasteiger partial charge in [0.25, 0.3) is 6.71 Å². The lowest BCUT2D eigenvalue weighted by molar-refractivity contribution is -0.137. The van der Waals surface area contributed by atoms with Gasteiger partial charge in [0.05, 0.1) is 22.3 Å². The van der Waals surface area contributed by atoms with Gasteiger partial charge < -0.3 is 14.4 Å². The van der Waals surface area contributed by atoms with E-state index in [1.54, 1.807) is 10.6 Å². The van der Waals surface area contributed by atoms with Crippen molar-refractivity contribution in [2.75, 3.05) is 9.80 Å². The number of aromatic nitrogens is 4. The molecule has 2 aromatic heterocycles. The lowest BCUT2D eigenvalue weighted by Crippen LogP contribution is -2.61. The van der Waals surface area contributed by atoms with Crippen LogP contribution in [0.2, 0.25) is 0 Å². The van der Waals surface area contributed by atoms with Gasteiger partial charge in [0.2, 0.25) is 0 Å². The summed E-state index contributed by atoms with van der Waals surface area (Å²) in [7, 11) is 0. The van der Waals surface area contributed by atoms with Gasteiger partial charge in [0.15, 0.2) is 17.5 Å². The Hall–Kier alpha value is -12.7. The Kier molecular flexibility index (Phi) is 14.0. The number of fused-ring (bicyclic) bond motifs is 7. The molecule has 0 fully saturated rings. The van der Waals surface area contributed by atoms with Crippen molar-refractivity contribution in [1.29, 1.82) is 0 Å². The third kappa shape index (κ3) is 10.1. The number of nitrogens with zero attached hydrogens (tertiary/aromatic N) is 6. The average molecular weight is 1270 g/mol. The molecule has 14 aromatic carbocycles. The Bertz CT molecular complexity index is 5460. The third-order valence-electron chi connectivity index (χ3n) is 19.3. The largest absolute Gasteiger partial charge is 0.418 e. The van der Waals surface area contributed by atoms with Crippen LogP contribution in [-0.2, 0) is 6.18 Å².